The topological polar surface area (TPSA) is 433 Å². The Hall–Kier alpha value is -8.58. The van der Waals surface area contributed by atoms with E-state index in [9.17, 15) is 102 Å². The molecule has 3 heterocycles. The number of H-pyrrole nitrogens is 1. The predicted molar refractivity (Wildman–Crippen MR) is 338 cm³/mol. The van der Waals surface area contributed by atoms with Crippen LogP contribution in [0.15, 0.2) is 95.1 Å². The number of fused-ring (bicyclic) bond motifs is 1. The zero-order valence-corrected chi connectivity index (χ0v) is 54.8. The van der Waals surface area contributed by atoms with Crippen LogP contribution in [0, 0.1) is 0 Å². The molecule has 0 bridgehead atoms. The third-order valence-electron chi connectivity index (χ3n) is 14.4. The number of imidazole rings is 1. The number of carboxylic acid groups (broad SMARTS) is 4. The maximum absolute atomic E-state index is 13.3. The van der Waals surface area contributed by atoms with Crippen LogP contribution in [-0.2, 0) is 74.4 Å². The highest BCUT2D eigenvalue weighted by Crippen LogP contribution is 2.26. The van der Waals surface area contributed by atoms with Gasteiger partial charge in [0.25, 0.3) is 5.91 Å². The summed E-state index contributed by atoms with van der Waals surface area (Å²) in [5.74, 6) is -11.6. The number of Topliss-reactive ketones (excluding diaryl/α,β-unsaturated/α-hetero) is 2. The summed E-state index contributed by atoms with van der Waals surface area (Å²) in [6.07, 6.45) is -4.90. The third-order valence-corrected chi connectivity index (χ3v) is 17.3. The number of carbonyl (C=O) groups excluding carboxylic acids is 4. The molecule has 1 saturated heterocycles. The number of aromatic amines is 1. The fraction of sp³-hybridized carbons (Fsp3) is 0.492. The first-order chi connectivity index (χ1) is 46.8. The van der Waals surface area contributed by atoms with Crippen molar-refractivity contribution in [2.75, 3.05) is 150 Å². The molecule has 10 N–H and O–H groups in total. The highest BCUT2D eigenvalue weighted by atomic mass is 32.2. The van der Waals surface area contributed by atoms with Crippen molar-refractivity contribution >= 4 is 84.2 Å². The highest BCUT2D eigenvalue weighted by Gasteiger charge is 2.54. The molecule has 0 saturated carbocycles. The summed E-state index contributed by atoms with van der Waals surface area (Å²) in [5, 5.41) is 51.7. The van der Waals surface area contributed by atoms with Crippen molar-refractivity contribution in [1.82, 2.24) is 59.4 Å². The van der Waals surface area contributed by atoms with Gasteiger partial charge in [0.2, 0.25) is 26.0 Å². The molecule has 2 amide bonds. The Morgan fingerprint density at radius 3 is 1.48 bits per heavy atom. The van der Waals surface area contributed by atoms with Crippen LogP contribution in [0.1, 0.15) is 29.6 Å². The Morgan fingerprint density at radius 2 is 1.03 bits per heavy atom. The molecular weight excluding hydrogens is 1370 g/mol. The summed E-state index contributed by atoms with van der Waals surface area (Å²) in [5.41, 5.74) is 2.17. The second-order valence-corrected chi connectivity index (χ2v) is 25.3. The van der Waals surface area contributed by atoms with Crippen LogP contribution >= 0.6 is 0 Å². The largest absolute Gasteiger partial charge is 0.480 e. The number of aromatic nitrogens is 4. The van der Waals surface area contributed by atoms with Crippen LogP contribution in [0.4, 0.5) is 32.3 Å². The molecule has 2 aromatic heterocycles. The van der Waals surface area contributed by atoms with E-state index in [0.29, 0.717) is 101 Å². The van der Waals surface area contributed by atoms with E-state index in [1.54, 1.807) is 68.3 Å². The zero-order valence-electron chi connectivity index (χ0n) is 53.2. The smallest absolute Gasteiger partial charge is 0.458 e. The number of nitrogens with one attached hydrogen (secondary N) is 6. The van der Waals surface area contributed by atoms with Crippen LogP contribution in [0.5, 0.6) is 0 Å². The van der Waals surface area contributed by atoms with Gasteiger partial charge in [-0.25, -0.2) is 26.5 Å². The van der Waals surface area contributed by atoms with E-state index in [0.717, 1.165) is 11.9 Å². The lowest BCUT2D eigenvalue weighted by molar-refractivity contribution is -0.193. The number of ketones is 2. The van der Waals surface area contributed by atoms with Crippen molar-refractivity contribution in [3.8, 4) is 11.1 Å². The molecule has 32 nitrogen and oxygen atoms in total. The standard InChI is InChI=1S/C55H77N13O17S2.C4F6O2/c69-49(37-64-20-22-65(38-50(70)71)24-26-67(40-52(74)75)27-25-66(23-21-64)39-51(72)73)56-15-2-28-83-30-32-85-33-31-84-29-3-16-62-86(79,80)45-9-4-41(5-10-45)42-6-11-46(12-7-42)87(81,82)63-47(54(77)78)36-60-53(76)43-8-13-48-44(34-43)35-61-68(48)19-1-14-57-55-58-17-18-59-55;5-3(6,7)1(11)2(12)4(8,9)10/h4-13,17-18,34-35,47,62-63H,1-3,14-16,19-33,36-40H2,(H,56,69)(H,60,76)(H,70,71)(H,72,73)(H,74,75)(H,77,78)(H2,57,58,59);. The molecule has 1 fully saturated rings. The fourth-order valence-corrected chi connectivity index (χ4v) is 11.6. The predicted octanol–water partition coefficient (Wildman–Crippen LogP) is 1.04. The van der Waals surface area contributed by atoms with Gasteiger partial charge in [-0.1, -0.05) is 24.3 Å². The van der Waals surface area contributed by atoms with E-state index in [-0.39, 0.29) is 100.0 Å². The maximum Gasteiger partial charge on any atom is 0.458 e. The lowest BCUT2D eigenvalue weighted by atomic mass is 10.1. The number of nitrogens with zero attached hydrogens (tertiary/aromatic N) is 7. The number of sulfonamides is 2. The second-order valence-electron chi connectivity index (χ2n) is 21.9. The summed E-state index contributed by atoms with van der Waals surface area (Å²) in [7, 11) is -8.25. The summed E-state index contributed by atoms with van der Waals surface area (Å²) < 4.78 is 143. The number of amides is 2. The van der Waals surface area contributed by atoms with Gasteiger partial charge in [-0.15, -0.1) is 0 Å². The van der Waals surface area contributed by atoms with Crippen molar-refractivity contribution in [2.45, 2.75) is 54.0 Å². The number of carbonyl (C=O) groups is 8. The van der Waals surface area contributed by atoms with Gasteiger partial charge in [0.15, 0.2) is 5.95 Å². The van der Waals surface area contributed by atoms with Crippen molar-refractivity contribution < 1.29 is 116 Å². The van der Waals surface area contributed by atoms with Gasteiger partial charge in [0.1, 0.15) is 6.04 Å². The van der Waals surface area contributed by atoms with E-state index in [1.165, 1.54) is 36.4 Å². The molecule has 1 aliphatic rings. The summed E-state index contributed by atoms with van der Waals surface area (Å²) >= 11 is 0. The Kier molecular flexibility index (Phi) is 32.7. The number of carboxylic acids is 4. The summed E-state index contributed by atoms with van der Waals surface area (Å²) in [6.45, 7) is 4.51. The Balaban J connectivity index is 0.00000134. The first-order valence-electron chi connectivity index (χ1n) is 30.5. The van der Waals surface area contributed by atoms with Crippen LogP contribution in [0.25, 0.3) is 22.0 Å². The van der Waals surface area contributed by atoms with Crippen molar-refractivity contribution in [1.29, 1.82) is 0 Å². The minimum atomic E-state index is -5.77. The molecule has 546 valence electrons. The molecular formula is C59H77F6N13O19S2. The summed E-state index contributed by atoms with van der Waals surface area (Å²) in [4.78, 5) is 106. The SMILES string of the molecule is O=C(C(=O)C(F)(F)F)C(F)(F)F.O=C(O)CN1CCN(CC(=O)O)CCN(CC(=O)NCCCOCCOCCOCCCNS(=O)(=O)c2ccc(-c3ccc(S(=O)(=O)NC(CNC(=O)c4ccc5c(cnn5CCCNc5ncc[nH]5)c4)C(=O)O)cc3)cc2)CCN(CC(=O)O)CC1. The quantitative estimate of drug-likeness (QED) is 0.0150. The number of aryl methyl sites for hydroxylation is 1. The molecule has 3 aromatic carbocycles. The van der Waals surface area contributed by atoms with Crippen LogP contribution in [0.3, 0.4) is 0 Å². The van der Waals surface area contributed by atoms with Crippen LogP contribution in [-0.4, -0.2) is 287 Å². The molecule has 1 atom stereocenters. The third kappa shape index (κ3) is 29.4. The second kappa shape index (κ2) is 39.9. The van der Waals surface area contributed by atoms with Gasteiger partial charge >= 0.3 is 47.8 Å². The molecule has 0 radical (unpaired) electrons. The monoisotopic (exact) mass is 1450 g/mol. The van der Waals surface area contributed by atoms with E-state index in [2.05, 4.69) is 40.5 Å². The van der Waals surface area contributed by atoms with Crippen molar-refractivity contribution in [2.24, 2.45) is 0 Å². The summed E-state index contributed by atoms with van der Waals surface area (Å²) in [6, 6.07) is 14.7. The number of hydrogen-bond donors (Lipinski definition) is 10. The number of anilines is 1. The van der Waals surface area contributed by atoms with Gasteiger partial charge in [-0.05, 0) is 72.9 Å². The van der Waals surface area contributed by atoms with Crippen molar-refractivity contribution in [3.63, 3.8) is 0 Å². The number of ether oxygens (including phenoxy) is 3. The van der Waals surface area contributed by atoms with E-state index in [1.807, 2.05) is 4.90 Å². The lowest BCUT2D eigenvalue weighted by Crippen LogP contribution is -2.49. The molecule has 6 rings (SSSR count). The molecule has 0 aliphatic carbocycles. The van der Waals surface area contributed by atoms with Gasteiger partial charge in [0.05, 0.1) is 74.1 Å². The number of aliphatic carboxylic acids is 4. The number of halogens is 6. The molecule has 5 aromatic rings. The van der Waals surface area contributed by atoms with E-state index < -0.39 is 86.3 Å². The normalized spacial score (nSPS) is 14.6. The molecule has 99 heavy (non-hydrogen) atoms. The minimum Gasteiger partial charge on any atom is -0.480 e. The van der Waals surface area contributed by atoms with Gasteiger partial charge in [-0.2, -0.15) is 36.2 Å². The van der Waals surface area contributed by atoms with Gasteiger partial charge < -0.3 is 55.6 Å². The van der Waals surface area contributed by atoms with Crippen LogP contribution < -0.4 is 25.4 Å². The van der Waals surface area contributed by atoms with Crippen LogP contribution in [0.2, 0.25) is 0 Å². The number of alkyl halides is 6. The molecule has 1 unspecified atom stereocenters. The number of hydrogen-bond acceptors (Lipinski definition) is 22. The molecule has 0 spiro atoms. The average molecular weight is 1450 g/mol. The Bertz CT molecular complexity index is 3630. The molecule has 1 aliphatic heterocycles. The van der Waals surface area contributed by atoms with Gasteiger partial charge in [0, 0.05) is 122 Å². The average Bonchev–Trinajstić information content (AvgIpc) is 1.78. The fourth-order valence-electron chi connectivity index (χ4n) is 9.30. The van der Waals surface area contributed by atoms with Gasteiger partial charge in [-0.3, -0.25) is 62.6 Å². The maximum atomic E-state index is 13.3. The van der Waals surface area contributed by atoms with Crippen molar-refractivity contribution in [3.05, 3.63) is 90.9 Å². The minimum absolute atomic E-state index is 0.00818. The first kappa shape index (κ1) is 81.1. The Morgan fingerprint density at radius 1 is 0.566 bits per heavy atom. The first-order valence-corrected chi connectivity index (χ1v) is 33.5. The highest BCUT2D eigenvalue weighted by molar-refractivity contribution is 7.89. The lowest BCUT2D eigenvalue weighted by Gasteiger charge is -2.32. The van der Waals surface area contributed by atoms with E-state index in [4.69, 9.17) is 14.2 Å². The van der Waals surface area contributed by atoms with E-state index >= 15 is 0 Å². The Labute approximate surface area is 563 Å². The molecule has 40 heteroatoms. The number of rotatable bonds is 38. The zero-order chi connectivity index (χ0) is 72.8. The number of benzene rings is 3.